The number of nitrogens with zero attached hydrogens (tertiary/aromatic N) is 2. The SMILES string of the molecule is CCCCCCCCCCCCCCCCCCCCC(CCO)(CCCCCCCCCCCCCCC)[N+](=O)[O-].O=[N+]([O-])O. The van der Waals surface area contributed by atoms with Crippen LogP contribution >= 0.6 is 0 Å². The van der Waals surface area contributed by atoms with Gasteiger partial charge in [0.2, 0.25) is 5.54 Å². The number of nitro groups is 1. The molecule has 0 spiro atoms. The number of hydrogen-bond donors (Lipinski definition) is 2. The molecular weight excluding hydrogens is 580 g/mol. The Labute approximate surface area is 284 Å². The molecule has 8 nitrogen and oxygen atoms in total. The Bertz CT molecular complexity index is 632. The molecule has 2 N–H and O–H groups in total. The van der Waals surface area contributed by atoms with Crippen LogP contribution in [0.15, 0.2) is 0 Å². The van der Waals surface area contributed by atoms with Crippen molar-refractivity contribution >= 4 is 0 Å². The van der Waals surface area contributed by atoms with Gasteiger partial charge in [-0.2, -0.15) is 0 Å². The zero-order valence-electron chi connectivity index (χ0n) is 30.7. The van der Waals surface area contributed by atoms with E-state index in [1.807, 2.05) is 0 Å². The van der Waals surface area contributed by atoms with E-state index in [-0.39, 0.29) is 11.5 Å². The molecular formula is C38H78N2O6. The van der Waals surface area contributed by atoms with Gasteiger partial charge in [0.05, 0.1) is 0 Å². The van der Waals surface area contributed by atoms with Crippen LogP contribution in [0.3, 0.4) is 0 Å². The van der Waals surface area contributed by atoms with Crippen molar-refractivity contribution < 1.29 is 20.3 Å². The van der Waals surface area contributed by atoms with Crippen molar-refractivity contribution in [2.24, 2.45) is 0 Å². The number of hydrogen-bond acceptors (Lipinski definition) is 5. The van der Waals surface area contributed by atoms with Gasteiger partial charge in [0.25, 0.3) is 5.09 Å². The van der Waals surface area contributed by atoms with Crippen LogP contribution in [0.5, 0.6) is 0 Å². The molecule has 1 atom stereocenters. The van der Waals surface area contributed by atoms with Crippen LogP contribution in [0.2, 0.25) is 0 Å². The van der Waals surface area contributed by atoms with Crippen molar-refractivity contribution in [1.29, 1.82) is 0 Å². The van der Waals surface area contributed by atoms with E-state index in [4.69, 9.17) is 15.3 Å². The molecule has 0 aliphatic carbocycles. The first-order valence-electron chi connectivity index (χ1n) is 19.9. The minimum Gasteiger partial charge on any atom is -0.396 e. The molecule has 0 aliphatic rings. The average Bonchev–Trinajstić information content (AvgIpc) is 3.02. The van der Waals surface area contributed by atoms with E-state index < -0.39 is 10.6 Å². The Morgan fingerprint density at radius 2 is 0.609 bits per heavy atom. The normalized spacial score (nSPS) is 12.4. The third-order valence-electron chi connectivity index (χ3n) is 9.71. The maximum Gasteiger partial charge on any atom is 0.291 e. The lowest BCUT2D eigenvalue weighted by molar-refractivity contribution is -0.742. The molecule has 0 rings (SSSR count). The van der Waals surface area contributed by atoms with Crippen molar-refractivity contribution in [3.63, 3.8) is 0 Å². The monoisotopic (exact) mass is 659 g/mol. The summed E-state index contributed by atoms with van der Waals surface area (Å²) in [6, 6.07) is 0. The summed E-state index contributed by atoms with van der Waals surface area (Å²) < 4.78 is 0. The Balaban J connectivity index is 0. The smallest absolute Gasteiger partial charge is 0.291 e. The Kier molecular flexibility index (Phi) is 38.6. The van der Waals surface area contributed by atoms with Crippen LogP contribution in [0.4, 0.5) is 0 Å². The second kappa shape index (κ2) is 38.0. The van der Waals surface area contributed by atoms with Crippen LogP contribution in [-0.4, -0.2) is 32.5 Å². The number of aliphatic hydroxyl groups excluding tert-OH is 1. The standard InChI is InChI=1S/C38H77NO3.HNO3/c1-3-5-7-9-11-13-15-17-18-19-20-21-23-25-27-29-31-33-35-38(36-37-40,39(41)42)34-32-30-28-26-24-22-16-14-12-10-8-6-4-2;2-1(3)4/h40H,3-37H2,1-2H3;(H,2,3,4). The maximum absolute atomic E-state index is 12.1. The van der Waals surface area contributed by atoms with Crippen molar-refractivity contribution in [2.75, 3.05) is 6.61 Å². The van der Waals surface area contributed by atoms with Crippen LogP contribution < -0.4 is 0 Å². The summed E-state index contributed by atoms with van der Waals surface area (Å²) in [7, 11) is 0. The molecule has 0 aromatic rings. The van der Waals surface area contributed by atoms with Crippen molar-refractivity contribution in [2.45, 2.75) is 238 Å². The van der Waals surface area contributed by atoms with E-state index in [2.05, 4.69) is 13.8 Å². The molecule has 0 bridgehead atoms. The molecule has 0 fully saturated rings. The lowest BCUT2D eigenvalue weighted by atomic mass is 9.84. The molecule has 1 unspecified atom stereocenters. The highest BCUT2D eigenvalue weighted by Gasteiger charge is 2.40. The minimum absolute atomic E-state index is 0.0443. The van der Waals surface area contributed by atoms with Crippen molar-refractivity contribution in [3.05, 3.63) is 20.2 Å². The fraction of sp³-hybridized carbons (Fsp3) is 1.00. The van der Waals surface area contributed by atoms with Gasteiger partial charge in [-0.25, -0.2) is 0 Å². The van der Waals surface area contributed by atoms with Crippen LogP contribution in [0.25, 0.3) is 0 Å². The quantitative estimate of drug-likeness (QED) is 0.0392. The summed E-state index contributed by atoms with van der Waals surface area (Å²) in [4.78, 5) is 20.4. The van der Waals surface area contributed by atoms with Gasteiger partial charge >= 0.3 is 0 Å². The first-order chi connectivity index (χ1) is 22.4. The van der Waals surface area contributed by atoms with Gasteiger partial charge in [-0.15, -0.1) is 10.1 Å². The molecule has 46 heavy (non-hydrogen) atoms. The largest absolute Gasteiger partial charge is 0.396 e. The molecule has 0 heterocycles. The molecule has 0 saturated heterocycles. The van der Waals surface area contributed by atoms with Crippen molar-refractivity contribution in [1.82, 2.24) is 0 Å². The second-order valence-electron chi connectivity index (χ2n) is 13.9. The van der Waals surface area contributed by atoms with E-state index in [0.29, 0.717) is 19.3 Å². The van der Waals surface area contributed by atoms with Crippen LogP contribution in [-0.2, 0) is 0 Å². The molecule has 0 aromatic carbocycles. The van der Waals surface area contributed by atoms with E-state index in [9.17, 15) is 15.2 Å². The van der Waals surface area contributed by atoms with Gasteiger partial charge in [-0.1, -0.05) is 200 Å². The molecule has 0 amide bonds. The second-order valence-corrected chi connectivity index (χ2v) is 13.9. The third-order valence-corrected chi connectivity index (χ3v) is 9.71. The first-order valence-corrected chi connectivity index (χ1v) is 19.9. The van der Waals surface area contributed by atoms with E-state index in [0.717, 1.165) is 25.7 Å². The van der Waals surface area contributed by atoms with Crippen LogP contribution in [0.1, 0.15) is 232 Å². The molecule has 0 aromatic heterocycles. The lowest BCUT2D eigenvalue weighted by Crippen LogP contribution is -2.39. The van der Waals surface area contributed by atoms with Gasteiger partial charge in [0, 0.05) is 30.8 Å². The summed E-state index contributed by atoms with van der Waals surface area (Å²) in [6.45, 7) is 4.48. The summed E-state index contributed by atoms with van der Waals surface area (Å²) >= 11 is 0. The van der Waals surface area contributed by atoms with E-state index in [1.165, 1.54) is 173 Å². The zero-order valence-corrected chi connectivity index (χ0v) is 30.7. The highest BCUT2D eigenvalue weighted by Crippen LogP contribution is 2.30. The first kappa shape index (κ1) is 46.7. The average molecular weight is 659 g/mol. The molecule has 0 saturated carbocycles. The summed E-state index contributed by atoms with van der Waals surface area (Å²) in [6.07, 6.45) is 42.5. The topological polar surface area (TPSA) is 127 Å². The fourth-order valence-electron chi connectivity index (χ4n) is 6.68. The predicted molar refractivity (Wildman–Crippen MR) is 194 cm³/mol. The maximum atomic E-state index is 12.1. The Hall–Kier alpha value is -1.44. The lowest BCUT2D eigenvalue weighted by Gasteiger charge is -2.25. The number of unbranched alkanes of at least 4 members (excludes halogenated alkanes) is 29. The van der Waals surface area contributed by atoms with Crippen molar-refractivity contribution in [3.8, 4) is 0 Å². The van der Waals surface area contributed by atoms with Gasteiger partial charge in [-0.3, -0.25) is 10.1 Å². The van der Waals surface area contributed by atoms with Gasteiger partial charge in [0.1, 0.15) is 0 Å². The van der Waals surface area contributed by atoms with E-state index >= 15 is 0 Å². The molecule has 0 aliphatic heterocycles. The van der Waals surface area contributed by atoms with Gasteiger partial charge in [-0.05, 0) is 12.8 Å². The molecule has 8 heteroatoms. The summed E-state index contributed by atoms with van der Waals surface area (Å²) in [5, 5.41) is 35.3. The highest BCUT2D eigenvalue weighted by molar-refractivity contribution is 4.79. The highest BCUT2D eigenvalue weighted by atomic mass is 16.9. The third kappa shape index (κ3) is 35.4. The predicted octanol–water partition coefficient (Wildman–Crippen LogP) is 12.9. The molecule has 0 radical (unpaired) electrons. The Morgan fingerprint density at radius 3 is 0.783 bits per heavy atom. The molecule has 276 valence electrons. The number of rotatable bonds is 36. The van der Waals surface area contributed by atoms with Gasteiger partial charge in [0.15, 0.2) is 0 Å². The van der Waals surface area contributed by atoms with Crippen LogP contribution in [0, 0.1) is 20.2 Å². The van der Waals surface area contributed by atoms with E-state index in [1.54, 1.807) is 0 Å². The minimum atomic E-state index is -1.50. The summed E-state index contributed by atoms with van der Waals surface area (Å²) in [5.41, 5.74) is -0.901. The fourth-order valence-corrected chi connectivity index (χ4v) is 6.68. The number of aliphatic hydroxyl groups is 1. The summed E-state index contributed by atoms with van der Waals surface area (Å²) in [5.74, 6) is 0. The zero-order chi connectivity index (χ0) is 34.4. The van der Waals surface area contributed by atoms with Gasteiger partial charge < -0.3 is 10.3 Å². The Morgan fingerprint density at radius 1 is 0.413 bits per heavy atom.